The Bertz CT molecular complexity index is 802. The molecule has 0 radical (unpaired) electrons. The summed E-state index contributed by atoms with van der Waals surface area (Å²) in [6.07, 6.45) is 6.63. The topological polar surface area (TPSA) is 72.3 Å². The second-order valence-electron chi connectivity index (χ2n) is 8.32. The molecule has 1 amide bonds. The van der Waals surface area contributed by atoms with Gasteiger partial charge in [-0.05, 0) is 45.4 Å². The van der Waals surface area contributed by atoms with E-state index < -0.39 is 10.0 Å². The summed E-state index contributed by atoms with van der Waals surface area (Å²) in [7, 11) is -3.47. The van der Waals surface area contributed by atoms with Gasteiger partial charge in [-0.3, -0.25) is 9.48 Å². The predicted molar refractivity (Wildman–Crippen MR) is 94.5 cm³/mol. The zero-order valence-corrected chi connectivity index (χ0v) is 15.9. The maximum atomic E-state index is 12.8. The van der Waals surface area contributed by atoms with E-state index in [1.165, 1.54) is 12.8 Å². The van der Waals surface area contributed by atoms with Crippen molar-refractivity contribution in [3.63, 3.8) is 0 Å². The first-order valence-electron chi connectivity index (χ1n) is 9.36. The monoisotopic (exact) mass is 365 g/mol. The first-order valence-corrected chi connectivity index (χ1v) is 11.0. The number of rotatable bonds is 4. The highest BCUT2D eigenvalue weighted by Gasteiger charge is 2.50. The lowest BCUT2D eigenvalue weighted by Gasteiger charge is -2.20. The summed E-state index contributed by atoms with van der Waals surface area (Å²) in [5.41, 5.74) is 2.56. The van der Waals surface area contributed by atoms with E-state index in [2.05, 4.69) is 5.10 Å². The molecule has 2 saturated carbocycles. The second-order valence-corrected chi connectivity index (χ2v) is 10.2. The Morgan fingerprint density at radius 1 is 1.24 bits per heavy atom. The maximum absolute atomic E-state index is 12.8. The van der Waals surface area contributed by atoms with Gasteiger partial charge in [-0.2, -0.15) is 5.10 Å². The summed E-state index contributed by atoms with van der Waals surface area (Å²) in [5, 5.41) is 4.57. The van der Waals surface area contributed by atoms with Crippen LogP contribution in [0, 0.1) is 25.2 Å². The fraction of sp³-hybridized carbons (Fsp3) is 0.778. The average molecular weight is 365 g/mol. The van der Waals surface area contributed by atoms with Crippen LogP contribution in [-0.2, 0) is 27.8 Å². The van der Waals surface area contributed by atoms with Gasteiger partial charge in [0.25, 0.3) is 0 Å². The molecule has 1 aromatic rings. The standard InChI is InChI=1S/C18H27N3O3S/c1-13-16(14(2)20(19-13)10-15-5-6-15)9-17(22)21-11-18(7-3-4-8-18)12-25(21,23)24/h15H,3-12H2,1-2H3. The lowest BCUT2D eigenvalue weighted by molar-refractivity contribution is -0.126. The average Bonchev–Trinajstić information content (AvgIpc) is 3.09. The van der Waals surface area contributed by atoms with Crippen molar-refractivity contribution >= 4 is 15.9 Å². The molecule has 7 heteroatoms. The first kappa shape index (κ1) is 17.1. The van der Waals surface area contributed by atoms with Crippen LogP contribution in [-0.4, -0.2) is 40.7 Å². The molecule has 3 aliphatic rings. The van der Waals surface area contributed by atoms with Gasteiger partial charge in [0, 0.05) is 29.8 Å². The number of carbonyl (C=O) groups excluding carboxylic acids is 1. The van der Waals surface area contributed by atoms with Gasteiger partial charge in [0.15, 0.2) is 0 Å². The minimum atomic E-state index is -3.47. The maximum Gasteiger partial charge on any atom is 0.240 e. The fourth-order valence-electron chi connectivity index (χ4n) is 4.54. The Kier molecular flexibility index (Phi) is 3.98. The van der Waals surface area contributed by atoms with Crippen LogP contribution in [0.5, 0.6) is 0 Å². The van der Waals surface area contributed by atoms with Crippen molar-refractivity contribution in [2.45, 2.75) is 65.3 Å². The van der Waals surface area contributed by atoms with Gasteiger partial charge in [0.1, 0.15) is 0 Å². The Labute approximate surface area is 149 Å². The van der Waals surface area contributed by atoms with Crippen LogP contribution in [0.1, 0.15) is 55.5 Å². The van der Waals surface area contributed by atoms with Crippen molar-refractivity contribution < 1.29 is 13.2 Å². The van der Waals surface area contributed by atoms with E-state index in [0.29, 0.717) is 12.5 Å². The van der Waals surface area contributed by atoms with Crippen molar-refractivity contribution in [1.82, 2.24) is 14.1 Å². The highest BCUT2D eigenvalue weighted by molar-refractivity contribution is 7.89. The molecule has 2 aliphatic carbocycles. The lowest BCUT2D eigenvalue weighted by atomic mass is 9.88. The molecule has 1 saturated heterocycles. The molecule has 3 fully saturated rings. The Balaban J connectivity index is 1.53. The minimum Gasteiger partial charge on any atom is -0.273 e. The number of amides is 1. The second kappa shape index (κ2) is 5.83. The van der Waals surface area contributed by atoms with Gasteiger partial charge in [-0.25, -0.2) is 12.7 Å². The Hall–Kier alpha value is -1.37. The number of nitrogens with zero attached hydrogens (tertiary/aromatic N) is 3. The number of sulfonamides is 1. The zero-order valence-electron chi connectivity index (χ0n) is 15.1. The quantitative estimate of drug-likeness (QED) is 0.820. The molecule has 0 unspecified atom stereocenters. The Morgan fingerprint density at radius 2 is 1.92 bits per heavy atom. The highest BCUT2D eigenvalue weighted by atomic mass is 32.2. The van der Waals surface area contributed by atoms with Crippen LogP contribution < -0.4 is 0 Å². The number of carbonyl (C=O) groups is 1. The van der Waals surface area contributed by atoms with Crippen molar-refractivity contribution in [2.75, 3.05) is 12.3 Å². The molecule has 2 heterocycles. The Morgan fingerprint density at radius 3 is 2.56 bits per heavy atom. The third-order valence-corrected chi connectivity index (χ3v) is 8.21. The predicted octanol–water partition coefficient (Wildman–Crippen LogP) is 2.18. The summed E-state index contributed by atoms with van der Waals surface area (Å²) >= 11 is 0. The van der Waals surface area contributed by atoms with Crippen LogP contribution in [0.3, 0.4) is 0 Å². The van der Waals surface area contributed by atoms with E-state index in [-0.39, 0.29) is 23.5 Å². The fourth-order valence-corrected chi connectivity index (χ4v) is 6.69. The summed E-state index contributed by atoms with van der Waals surface area (Å²) in [4.78, 5) is 12.8. The summed E-state index contributed by atoms with van der Waals surface area (Å²) < 4.78 is 28.3. The first-order chi connectivity index (χ1) is 11.8. The van der Waals surface area contributed by atoms with Gasteiger partial charge in [-0.1, -0.05) is 12.8 Å². The van der Waals surface area contributed by atoms with E-state index in [1.807, 2.05) is 18.5 Å². The van der Waals surface area contributed by atoms with Gasteiger partial charge in [0.05, 0.1) is 17.9 Å². The summed E-state index contributed by atoms with van der Waals surface area (Å²) in [5.74, 6) is 0.564. The number of aryl methyl sites for hydroxylation is 1. The van der Waals surface area contributed by atoms with E-state index >= 15 is 0 Å². The smallest absolute Gasteiger partial charge is 0.240 e. The third kappa shape index (κ3) is 3.11. The van der Waals surface area contributed by atoms with Crippen LogP contribution in [0.4, 0.5) is 0 Å². The molecule has 1 aliphatic heterocycles. The third-order valence-electron chi connectivity index (χ3n) is 6.23. The van der Waals surface area contributed by atoms with Crippen LogP contribution in [0.2, 0.25) is 0 Å². The van der Waals surface area contributed by atoms with Gasteiger partial charge in [0.2, 0.25) is 15.9 Å². The molecular weight excluding hydrogens is 338 g/mol. The summed E-state index contributed by atoms with van der Waals surface area (Å²) in [6, 6.07) is 0. The van der Waals surface area contributed by atoms with E-state index in [9.17, 15) is 13.2 Å². The number of aromatic nitrogens is 2. The molecule has 4 rings (SSSR count). The number of hydrogen-bond donors (Lipinski definition) is 0. The molecule has 0 N–H and O–H groups in total. The van der Waals surface area contributed by atoms with Gasteiger partial charge >= 0.3 is 0 Å². The van der Waals surface area contributed by atoms with Crippen LogP contribution in [0.25, 0.3) is 0 Å². The minimum absolute atomic E-state index is 0.137. The molecule has 6 nitrogen and oxygen atoms in total. The van der Waals surface area contributed by atoms with Crippen LogP contribution in [0.15, 0.2) is 0 Å². The van der Waals surface area contributed by atoms with E-state index in [0.717, 1.165) is 53.5 Å². The molecule has 0 atom stereocenters. The van der Waals surface area contributed by atoms with Crippen molar-refractivity contribution in [2.24, 2.45) is 11.3 Å². The molecule has 0 aromatic carbocycles. The molecule has 138 valence electrons. The normalized spacial score (nSPS) is 24.3. The summed E-state index contributed by atoms with van der Waals surface area (Å²) in [6.45, 7) is 5.19. The van der Waals surface area contributed by atoms with Crippen molar-refractivity contribution in [1.29, 1.82) is 0 Å². The molecular formula is C18H27N3O3S. The zero-order chi connectivity index (χ0) is 17.8. The molecule has 1 spiro atoms. The molecule has 1 aromatic heterocycles. The van der Waals surface area contributed by atoms with Crippen molar-refractivity contribution in [3.05, 3.63) is 17.0 Å². The van der Waals surface area contributed by atoms with E-state index in [1.54, 1.807) is 0 Å². The SMILES string of the molecule is Cc1nn(CC2CC2)c(C)c1CC(=O)N1CC2(CCCC2)CS1(=O)=O. The van der Waals surface area contributed by atoms with Crippen LogP contribution >= 0.6 is 0 Å². The highest BCUT2D eigenvalue weighted by Crippen LogP contribution is 2.45. The van der Waals surface area contributed by atoms with Crippen molar-refractivity contribution in [3.8, 4) is 0 Å². The molecule has 0 bridgehead atoms. The lowest BCUT2D eigenvalue weighted by Crippen LogP contribution is -2.35. The van der Waals surface area contributed by atoms with E-state index in [4.69, 9.17) is 0 Å². The largest absolute Gasteiger partial charge is 0.273 e. The van der Waals surface area contributed by atoms with Gasteiger partial charge in [-0.15, -0.1) is 0 Å². The number of hydrogen-bond acceptors (Lipinski definition) is 4. The molecule has 25 heavy (non-hydrogen) atoms. The van der Waals surface area contributed by atoms with Gasteiger partial charge < -0.3 is 0 Å².